The van der Waals surface area contributed by atoms with Gasteiger partial charge in [0.15, 0.2) is 6.10 Å². The molecule has 0 aliphatic carbocycles. The number of aromatic amines is 1. The number of likely N-dealkylation sites (tertiary alicyclic amines) is 1. The van der Waals surface area contributed by atoms with E-state index in [0.717, 1.165) is 29.7 Å². The highest BCUT2D eigenvalue weighted by atomic mass is 16.5. The zero-order valence-corrected chi connectivity index (χ0v) is 16.9. The second-order valence-electron chi connectivity index (χ2n) is 7.97. The molecule has 1 fully saturated rings. The number of para-hydroxylation sites is 4. The van der Waals surface area contributed by atoms with Crippen LogP contribution >= 0.6 is 0 Å². The first-order valence-corrected chi connectivity index (χ1v) is 10.4. The van der Waals surface area contributed by atoms with Crippen molar-refractivity contribution in [3.05, 3.63) is 54.4 Å². The van der Waals surface area contributed by atoms with E-state index in [9.17, 15) is 9.59 Å². The Kier molecular flexibility index (Phi) is 4.65. The number of hydrogen-bond acceptors (Lipinski definition) is 4. The molecule has 2 aromatic carbocycles. The topological polar surface area (TPSA) is 78.5 Å². The fraction of sp³-hybridized carbons (Fsp3) is 0.348. The summed E-state index contributed by atoms with van der Waals surface area (Å²) >= 11 is 0. The van der Waals surface area contributed by atoms with Crippen LogP contribution in [0.15, 0.2) is 48.5 Å². The predicted molar refractivity (Wildman–Crippen MR) is 114 cm³/mol. The maximum Gasteiger partial charge on any atom is 0.265 e. The lowest BCUT2D eigenvalue weighted by Gasteiger charge is -2.38. The van der Waals surface area contributed by atoms with Gasteiger partial charge in [-0.15, -0.1) is 0 Å². The molecular formula is C23H24N4O3. The van der Waals surface area contributed by atoms with Gasteiger partial charge in [-0.3, -0.25) is 9.59 Å². The average molecular weight is 404 g/mol. The van der Waals surface area contributed by atoms with Crippen LogP contribution in [0.5, 0.6) is 5.75 Å². The second-order valence-corrected chi connectivity index (χ2v) is 7.97. The number of aromatic nitrogens is 2. The van der Waals surface area contributed by atoms with Gasteiger partial charge in [-0.05, 0) is 37.1 Å². The van der Waals surface area contributed by atoms with Crippen LogP contribution in [-0.2, 0) is 9.59 Å². The number of hydrogen-bond donors (Lipinski definition) is 1. The van der Waals surface area contributed by atoms with Gasteiger partial charge in [0.2, 0.25) is 5.91 Å². The first kappa shape index (κ1) is 18.7. The van der Waals surface area contributed by atoms with Gasteiger partial charge in [0.1, 0.15) is 11.6 Å². The molecule has 0 unspecified atom stereocenters. The highest BCUT2D eigenvalue weighted by molar-refractivity contribution is 5.96. The van der Waals surface area contributed by atoms with E-state index >= 15 is 0 Å². The number of nitrogens with zero attached hydrogens (tertiary/aromatic N) is 3. The third-order valence-electron chi connectivity index (χ3n) is 5.96. The van der Waals surface area contributed by atoms with Crippen LogP contribution in [0.1, 0.15) is 31.5 Å². The van der Waals surface area contributed by atoms with Gasteiger partial charge >= 0.3 is 0 Å². The van der Waals surface area contributed by atoms with Crippen LogP contribution in [0, 0.1) is 0 Å². The zero-order valence-electron chi connectivity index (χ0n) is 16.9. The van der Waals surface area contributed by atoms with Crippen molar-refractivity contribution in [2.24, 2.45) is 0 Å². The van der Waals surface area contributed by atoms with Crippen molar-refractivity contribution in [2.45, 2.75) is 31.8 Å². The van der Waals surface area contributed by atoms with Gasteiger partial charge in [-0.25, -0.2) is 4.98 Å². The SMILES string of the molecule is CC(=O)N1C[C@@H](C(=O)N2CCC[C@@H](c3nc4ccccc4[nH]3)C2)Oc2ccccc21. The van der Waals surface area contributed by atoms with Gasteiger partial charge in [-0.2, -0.15) is 0 Å². The Bertz CT molecular complexity index is 1080. The normalized spacial score (nSPS) is 21.2. The number of amides is 2. The Hall–Kier alpha value is -3.35. The van der Waals surface area contributed by atoms with E-state index < -0.39 is 6.10 Å². The predicted octanol–water partition coefficient (Wildman–Crippen LogP) is 3.08. The molecule has 7 heteroatoms. The van der Waals surface area contributed by atoms with Crippen molar-refractivity contribution in [3.8, 4) is 5.75 Å². The average Bonchev–Trinajstić information content (AvgIpc) is 3.22. The molecule has 2 amide bonds. The van der Waals surface area contributed by atoms with Gasteiger partial charge in [0.25, 0.3) is 5.91 Å². The molecule has 1 N–H and O–H groups in total. The minimum absolute atomic E-state index is 0.0726. The molecule has 30 heavy (non-hydrogen) atoms. The Labute approximate surface area is 174 Å². The second kappa shape index (κ2) is 7.48. The summed E-state index contributed by atoms with van der Waals surface area (Å²) in [5.41, 5.74) is 2.67. The highest BCUT2D eigenvalue weighted by Gasteiger charge is 2.37. The molecule has 0 radical (unpaired) electrons. The summed E-state index contributed by atoms with van der Waals surface area (Å²) in [4.78, 5) is 37.1. The summed E-state index contributed by atoms with van der Waals surface area (Å²) in [5.74, 6) is 1.49. The summed E-state index contributed by atoms with van der Waals surface area (Å²) in [6, 6.07) is 15.3. The number of fused-ring (bicyclic) bond motifs is 2. The van der Waals surface area contributed by atoms with Crippen LogP contribution < -0.4 is 9.64 Å². The quantitative estimate of drug-likeness (QED) is 0.712. The van der Waals surface area contributed by atoms with Crippen LogP contribution in [0.3, 0.4) is 0 Å². The number of ether oxygens (including phenoxy) is 1. The third-order valence-corrected chi connectivity index (χ3v) is 5.96. The van der Waals surface area contributed by atoms with Crippen molar-refractivity contribution in [1.29, 1.82) is 0 Å². The Morgan fingerprint density at radius 1 is 1.10 bits per heavy atom. The maximum absolute atomic E-state index is 13.3. The fourth-order valence-electron chi connectivity index (χ4n) is 4.43. The van der Waals surface area contributed by atoms with E-state index in [2.05, 4.69) is 4.98 Å². The van der Waals surface area contributed by atoms with E-state index in [0.29, 0.717) is 24.5 Å². The van der Waals surface area contributed by atoms with Gasteiger partial charge in [-0.1, -0.05) is 24.3 Å². The molecule has 0 saturated carbocycles. The molecule has 2 aliphatic heterocycles. The van der Waals surface area contributed by atoms with Crippen LogP contribution in [0.2, 0.25) is 0 Å². The summed E-state index contributed by atoms with van der Waals surface area (Å²) in [7, 11) is 0. The number of carbonyl (C=O) groups is 2. The molecule has 7 nitrogen and oxygen atoms in total. The van der Waals surface area contributed by atoms with E-state index in [-0.39, 0.29) is 24.3 Å². The molecular weight excluding hydrogens is 380 g/mol. The van der Waals surface area contributed by atoms with Crippen molar-refractivity contribution in [3.63, 3.8) is 0 Å². The summed E-state index contributed by atoms with van der Waals surface area (Å²) in [5, 5.41) is 0. The van der Waals surface area contributed by atoms with Crippen LogP contribution in [-0.4, -0.2) is 52.4 Å². The molecule has 1 aromatic heterocycles. The number of piperidine rings is 1. The van der Waals surface area contributed by atoms with E-state index in [1.54, 1.807) is 11.0 Å². The van der Waals surface area contributed by atoms with E-state index in [1.807, 2.05) is 47.4 Å². The number of anilines is 1. The number of carbonyl (C=O) groups excluding carboxylic acids is 2. The molecule has 1 saturated heterocycles. The standard InChI is InChI=1S/C23H24N4O3/c1-15(28)27-14-21(30-20-11-5-4-10-19(20)27)23(29)26-12-6-7-16(13-26)22-24-17-8-2-3-9-18(17)25-22/h2-5,8-11,16,21H,6-7,12-14H2,1H3,(H,24,25)/t16-,21+/m1/s1. The number of nitrogens with one attached hydrogen (secondary N) is 1. The lowest BCUT2D eigenvalue weighted by molar-refractivity contribution is -0.140. The fourth-order valence-corrected chi connectivity index (χ4v) is 4.43. The Morgan fingerprint density at radius 2 is 1.90 bits per heavy atom. The zero-order chi connectivity index (χ0) is 20.7. The van der Waals surface area contributed by atoms with Gasteiger partial charge in [0.05, 0.1) is 23.3 Å². The molecule has 2 aliphatic rings. The third kappa shape index (κ3) is 3.30. The maximum atomic E-state index is 13.3. The van der Waals surface area contributed by atoms with E-state index in [1.165, 1.54) is 6.92 Å². The number of benzene rings is 2. The largest absolute Gasteiger partial charge is 0.476 e. The van der Waals surface area contributed by atoms with Crippen molar-refractivity contribution in [1.82, 2.24) is 14.9 Å². The first-order chi connectivity index (χ1) is 14.6. The molecule has 3 heterocycles. The van der Waals surface area contributed by atoms with Gasteiger partial charge < -0.3 is 19.5 Å². The summed E-state index contributed by atoms with van der Waals surface area (Å²) < 4.78 is 6.01. The van der Waals surface area contributed by atoms with Crippen molar-refractivity contribution >= 4 is 28.5 Å². The van der Waals surface area contributed by atoms with Crippen LogP contribution in [0.4, 0.5) is 5.69 Å². The number of imidazole rings is 1. The lowest BCUT2D eigenvalue weighted by Crippen LogP contribution is -2.53. The monoisotopic (exact) mass is 404 g/mol. The smallest absolute Gasteiger partial charge is 0.265 e. The molecule has 154 valence electrons. The molecule has 5 rings (SSSR count). The highest BCUT2D eigenvalue weighted by Crippen LogP contribution is 2.34. The number of rotatable bonds is 2. The lowest BCUT2D eigenvalue weighted by atomic mass is 9.96. The summed E-state index contributed by atoms with van der Waals surface area (Å²) in [6.07, 6.45) is 1.20. The first-order valence-electron chi connectivity index (χ1n) is 10.4. The van der Waals surface area contributed by atoms with Crippen LogP contribution in [0.25, 0.3) is 11.0 Å². The van der Waals surface area contributed by atoms with E-state index in [4.69, 9.17) is 9.72 Å². The minimum atomic E-state index is -0.696. The molecule has 2 atom stereocenters. The van der Waals surface area contributed by atoms with Crippen molar-refractivity contribution in [2.75, 3.05) is 24.5 Å². The molecule has 3 aromatic rings. The Balaban J connectivity index is 1.35. The molecule has 0 spiro atoms. The van der Waals surface area contributed by atoms with Gasteiger partial charge in [0, 0.05) is 25.9 Å². The van der Waals surface area contributed by atoms with Crippen molar-refractivity contribution < 1.29 is 14.3 Å². The minimum Gasteiger partial charge on any atom is -0.476 e. The molecule has 0 bridgehead atoms. The number of H-pyrrole nitrogens is 1. The summed E-state index contributed by atoms with van der Waals surface area (Å²) in [6.45, 7) is 3.04. The Morgan fingerprint density at radius 3 is 2.73 bits per heavy atom.